The van der Waals surface area contributed by atoms with Crippen molar-refractivity contribution in [3.63, 3.8) is 0 Å². The van der Waals surface area contributed by atoms with E-state index in [4.69, 9.17) is 4.74 Å². The summed E-state index contributed by atoms with van der Waals surface area (Å²) < 4.78 is 9.50. The third-order valence-corrected chi connectivity index (χ3v) is 5.06. The average molecular weight is 356 g/mol. The standard InChI is InChI=1S/C21H28N2O3/c1-5-22-11-8-10-17(22)20(24)19-15(4)13-18-16(21(25)26-14(2)3)9-6-7-12-23(18)19/h8,10-11,13-14,16H,5-7,9,12H2,1-4H3. The monoisotopic (exact) mass is 356 g/mol. The van der Waals surface area contributed by atoms with Crippen molar-refractivity contribution in [1.82, 2.24) is 9.13 Å². The molecule has 1 aliphatic rings. The quantitative estimate of drug-likeness (QED) is 0.599. The Morgan fingerprint density at radius 1 is 1.31 bits per heavy atom. The minimum Gasteiger partial charge on any atom is -0.462 e. The number of carbonyl (C=O) groups excluding carboxylic acids is 2. The van der Waals surface area contributed by atoms with E-state index in [1.54, 1.807) is 0 Å². The fourth-order valence-electron chi connectivity index (χ4n) is 3.88. The molecule has 1 unspecified atom stereocenters. The van der Waals surface area contributed by atoms with Gasteiger partial charge in [0.1, 0.15) is 0 Å². The second kappa shape index (κ2) is 7.52. The van der Waals surface area contributed by atoms with Crippen LogP contribution in [0, 0.1) is 6.92 Å². The molecule has 5 heteroatoms. The van der Waals surface area contributed by atoms with Crippen molar-refractivity contribution in [2.75, 3.05) is 0 Å². The summed E-state index contributed by atoms with van der Waals surface area (Å²) in [6, 6.07) is 5.78. The van der Waals surface area contributed by atoms with Crippen LogP contribution in [0.4, 0.5) is 0 Å². The largest absolute Gasteiger partial charge is 0.462 e. The molecule has 3 heterocycles. The first kappa shape index (κ1) is 18.5. The van der Waals surface area contributed by atoms with Crippen molar-refractivity contribution in [1.29, 1.82) is 0 Å². The molecule has 0 aromatic carbocycles. The van der Waals surface area contributed by atoms with Crippen LogP contribution in [-0.2, 0) is 22.6 Å². The molecule has 0 bridgehead atoms. The number of hydrogen-bond donors (Lipinski definition) is 0. The first-order valence-electron chi connectivity index (χ1n) is 9.54. The van der Waals surface area contributed by atoms with Crippen LogP contribution < -0.4 is 0 Å². The maximum Gasteiger partial charge on any atom is 0.315 e. The Balaban J connectivity index is 2.03. The molecule has 0 saturated carbocycles. The van der Waals surface area contributed by atoms with Crippen molar-refractivity contribution in [2.45, 2.75) is 72.1 Å². The van der Waals surface area contributed by atoms with Gasteiger partial charge in [-0.3, -0.25) is 9.59 Å². The summed E-state index contributed by atoms with van der Waals surface area (Å²) in [6.07, 6.45) is 4.48. The molecule has 140 valence electrons. The van der Waals surface area contributed by atoms with E-state index in [1.165, 1.54) is 0 Å². The van der Waals surface area contributed by atoms with Crippen LogP contribution in [0.25, 0.3) is 0 Å². The topological polar surface area (TPSA) is 53.2 Å². The molecule has 5 nitrogen and oxygen atoms in total. The number of hydrogen-bond acceptors (Lipinski definition) is 3. The predicted octanol–water partition coefficient (Wildman–Crippen LogP) is 4.07. The number of aryl methyl sites for hydroxylation is 2. The predicted molar refractivity (Wildman–Crippen MR) is 101 cm³/mol. The lowest BCUT2D eigenvalue weighted by molar-refractivity contribution is -0.149. The first-order valence-corrected chi connectivity index (χ1v) is 9.54. The van der Waals surface area contributed by atoms with Gasteiger partial charge in [0, 0.05) is 25.0 Å². The number of nitrogens with zero attached hydrogens (tertiary/aromatic N) is 2. The van der Waals surface area contributed by atoms with E-state index in [9.17, 15) is 9.59 Å². The highest BCUT2D eigenvalue weighted by molar-refractivity contribution is 6.08. The summed E-state index contributed by atoms with van der Waals surface area (Å²) in [5.74, 6) is -0.451. The van der Waals surface area contributed by atoms with Gasteiger partial charge in [-0.2, -0.15) is 0 Å². The zero-order valence-corrected chi connectivity index (χ0v) is 16.1. The molecular weight excluding hydrogens is 328 g/mol. The van der Waals surface area contributed by atoms with E-state index < -0.39 is 0 Å². The van der Waals surface area contributed by atoms with Gasteiger partial charge in [-0.05, 0) is 64.3 Å². The highest BCUT2D eigenvalue weighted by Crippen LogP contribution is 2.33. The Kier molecular flexibility index (Phi) is 5.35. The van der Waals surface area contributed by atoms with Crippen LogP contribution in [0.1, 0.15) is 73.4 Å². The lowest BCUT2D eigenvalue weighted by Gasteiger charge is -2.18. The second-order valence-electron chi connectivity index (χ2n) is 7.30. The Morgan fingerprint density at radius 3 is 2.77 bits per heavy atom. The number of ketones is 1. The van der Waals surface area contributed by atoms with Gasteiger partial charge in [-0.1, -0.05) is 6.42 Å². The summed E-state index contributed by atoms with van der Waals surface area (Å²) >= 11 is 0. The highest BCUT2D eigenvalue weighted by atomic mass is 16.5. The van der Waals surface area contributed by atoms with Crippen LogP contribution in [-0.4, -0.2) is 27.0 Å². The number of esters is 1. The number of ether oxygens (including phenoxy) is 1. The Bertz CT molecular complexity index is 813. The molecule has 0 amide bonds. The number of carbonyl (C=O) groups is 2. The highest BCUT2D eigenvalue weighted by Gasteiger charge is 2.32. The summed E-state index contributed by atoms with van der Waals surface area (Å²) in [6.45, 7) is 9.24. The van der Waals surface area contributed by atoms with Crippen molar-refractivity contribution < 1.29 is 14.3 Å². The molecule has 0 spiro atoms. The second-order valence-corrected chi connectivity index (χ2v) is 7.30. The van der Waals surface area contributed by atoms with Gasteiger partial charge in [-0.15, -0.1) is 0 Å². The lowest BCUT2D eigenvalue weighted by atomic mass is 9.99. The van der Waals surface area contributed by atoms with Crippen molar-refractivity contribution in [2.24, 2.45) is 0 Å². The van der Waals surface area contributed by atoms with Crippen LogP contribution in [0.5, 0.6) is 0 Å². The molecule has 0 N–H and O–H groups in total. The molecule has 1 atom stereocenters. The lowest BCUT2D eigenvalue weighted by Crippen LogP contribution is -2.22. The minimum absolute atomic E-state index is 0.0264. The number of fused-ring (bicyclic) bond motifs is 1. The third kappa shape index (κ3) is 3.35. The SMILES string of the molecule is CCn1cccc1C(=O)c1c(C)cc2n1CCCCC2C(=O)OC(C)C. The summed E-state index contributed by atoms with van der Waals surface area (Å²) in [5, 5.41) is 0. The van der Waals surface area contributed by atoms with Gasteiger partial charge in [0.25, 0.3) is 0 Å². The van der Waals surface area contributed by atoms with Gasteiger partial charge in [0.05, 0.1) is 23.4 Å². The summed E-state index contributed by atoms with van der Waals surface area (Å²) in [5.41, 5.74) is 3.25. The fraction of sp³-hybridized carbons (Fsp3) is 0.524. The van der Waals surface area contributed by atoms with Crippen LogP contribution >= 0.6 is 0 Å². The zero-order chi connectivity index (χ0) is 18.8. The van der Waals surface area contributed by atoms with Gasteiger partial charge in [-0.25, -0.2) is 0 Å². The molecule has 3 rings (SSSR count). The van der Waals surface area contributed by atoms with Gasteiger partial charge >= 0.3 is 5.97 Å². The maximum atomic E-state index is 13.2. The van der Waals surface area contributed by atoms with E-state index in [-0.39, 0.29) is 23.8 Å². The fourth-order valence-corrected chi connectivity index (χ4v) is 3.88. The Morgan fingerprint density at radius 2 is 2.08 bits per heavy atom. The molecule has 0 saturated heterocycles. The molecule has 0 aliphatic carbocycles. The molecule has 2 aromatic rings. The first-order chi connectivity index (χ1) is 12.4. The molecule has 26 heavy (non-hydrogen) atoms. The zero-order valence-electron chi connectivity index (χ0n) is 16.1. The minimum atomic E-state index is -0.293. The molecule has 0 fully saturated rings. The van der Waals surface area contributed by atoms with E-state index in [2.05, 4.69) is 4.57 Å². The van der Waals surface area contributed by atoms with Crippen molar-refractivity contribution in [3.05, 3.63) is 47.0 Å². The van der Waals surface area contributed by atoms with Crippen LogP contribution in [0.15, 0.2) is 24.4 Å². The normalized spacial score (nSPS) is 17.0. The average Bonchev–Trinajstić information content (AvgIpc) is 3.12. The molecule has 1 aliphatic heterocycles. The van der Waals surface area contributed by atoms with Crippen LogP contribution in [0.2, 0.25) is 0 Å². The molecule has 0 radical (unpaired) electrons. The van der Waals surface area contributed by atoms with E-state index in [1.807, 2.05) is 56.7 Å². The molecular formula is C21H28N2O3. The summed E-state index contributed by atoms with van der Waals surface area (Å²) in [7, 11) is 0. The summed E-state index contributed by atoms with van der Waals surface area (Å²) in [4.78, 5) is 25.9. The maximum absolute atomic E-state index is 13.2. The van der Waals surface area contributed by atoms with Crippen molar-refractivity contribution in [3.8, 4) is 0 Å². The Hall–Kier alpha value is -2.30. The third-order valence-electron chi connectivity index (χ3n) is 5.06. The smallest absolute Gasteiger partial charge is 0.315 e. The van der Waals surface area contributed by atoms with Crippen molar-refractivity contribution >= 4 is 11.8 Å². The number of rotatable bonds is 5. The van der Waals surface area contributed by atoms with Crippen LogP contribution in [0.3, 0.4) is 0 Å². The molecule has 2 aromatic heterocycles. The van der Waals surface area contributed by atoms with Gasteiger partial charge in [0.15, 0.2) is 0 Å². The van der Waals surface area contributed by atoms with E-state index in [0.717, 1.165) is 43.6 Å². The number of aromatic nitrogens is 2. The van der Waals surface area contributed by atoms with E-state index in [0.29, 0.717) is 11.4 Å². The van der Waals surface area contributed by atoms with E-state index >= 15 is 0 Å². The Labute approximate surface area is 155 Å². The van der Waals surface area contributed by atoms with Gasteiger partial charge < -0.3 is 13.9 Å². The van der Waals surface area contributed by atoms with Gasteiger partial charge in [0.2, 0.25) is 5.78 Å².